The number of carbonyl (C=O) groups excluding carboxylic acids is 1. The highest BCUT2D eigenvalue weighted by Crippen LogP contribution is 2.31. The van der Waals surface area contributed by atoms with Crippen molar-refractivity contribution in [2.45, 2.75) is 24.2 Å². The maximum Gasteiger partial charge on any atom is 0.227 e. The number of nitrogens with two attached hydrogens (primary N) is 1. The number of anilines is 1. The van der Waals surface area contributed by atoms with Gasteiger partial charge in [-0.25, -0.2) is 8.42 Å². The number of hydrogen-bond acceptors (Lipinski definition) is 4. The van der Waals surface area contributed by atoms with Crippen LogP contribution in [-0.2, 0) is 14.6 Å². The van der Waals surface area contributed by atoms with Crippen molar-refractivity contribution >= 4 is 21.4 Å². The summed E-state index contributed by atoms with van der Waals surface area (Å²) in [5.74, 6) is 0.199. The molecule has 110 valence electrons. The molecule has 1 fully saturated rings. The highest BCUT2D eigenvalue weighted by Gasteiger charge is 2.31. The zero-order valence-corrected chi connectivity index (χ0v) is 12.3. The number of carbonyl (C=O) groups is 1. The van der Waals surface area contributed by atoms with Gasteiger partial charge in [0.15, 0.2) is 9.84 Å². The Balaban J connectivity index is 2.05. The van der Waals surface area contributed by atoms with Gasteiger partial charge in [0.25, 0.3) is 0 Å². The van der Waals surface area contributed by atoms with Gasteiger partial charge in [-0.2, -0.15) is 0 Å². The molecule has 2 unspecified atom stereocenters. The largest absolute Gasteiger partial charge is 0.330 e. The van der Waals surface area contributed by atoms with Gasteiger partial charge < -0.3 is 11.1 Å². The third-order valence-electron chi connectivity index (χ3n) is 3.85. The summed E-state index contributed by atoms with van der Waals surface area (Å²) in [6.07, 6.45) is 4.06. The van der Waals surface area contributed by atoms with E-state index < -0.39 is 9.84 Å². The molecule has 1 aliphatic rings. The molecule has 0 saturated heterocycles. The smallest absolute Gasteiger partial charge is 0.227 e. The minimum atomic E-state index is -3.21. The normalized spacial score (nSPS) is 22.7. The van der Waals surface area contributed by atoms with E-state index in [2.05, 4.69) is 5.32 Å². The zero-order chi connectivity index (χ0) is 14.8. The zero-order valence-electron chi connectivity index (χ0n) is 11.5. The predicted octanol–water partition coefficient (Wildman–Crippen LogP) is 1.40. The number of nitrogens with one attached hydrogen (secondary N) is 1. The standard InChI is InChI=1S/C14H20N2O3S/c1-20(18,19)12-7-5-11(6-8-12)16-14(17)13-4-2-3-10(13)9-15/h5-8,10,13H,2-4,9,15H2,1H3,(H,16,17). The van der Waals surface area contributed by atoms with Gasteiger partial charge >= 0.3 is 0 Å². The van der Waals surface area contributed by atoms with Gasteiger partial charge in [-0.3, -0.25) is 4.79 Å². The molecular formula is C14H20N2O3S. The Morgan fingerprint density at radius 1 is 1.30 bits per heavy atom. The van der Waals surface area contributed by atoms with Crippen LogP contribution in [0.2, 0.25) is 0 Å². The van der Waals surface area contributed by atoms with Gasteiger partial charge in [-0.15, -0.1) is 0 Å². The van der Waals surface area contributed by atoms with Crippen LogP contribution in [0.25, 0.3) is 0 Å². The van der Waals surface area contributed by atoms with Crippen molar-refractivity contribution in [1.82, 2.24) is 0 Å². The summed E-state index contributed by atoms with van der Waals surface area (Å²) >= 11 is 0. The third kappa shape index (κ3) is 3.37. The summed E-state index contributed by atoms with van der Waals surface area (Å²) in [5, 5.41) is 2.84. The summed E-state index contributed by atoms with van der Waals surface area (Å²) < 4.78 is 22.7. The second kappa shape index (κ2) is 5.93. The van der Waals surface area contributed by atoms with Gasteiger partial charge in [-0.05, 0) is 49.6 Å². The Kier molecular flexibility index (Phi) is 4.45. The molecule has 0 heterocycles. The van der Waals surface area contributed by atoms with E-state index in [-0.39, 0.29) is 22.6 Å². The molecule has 1 aliphatic carbocycles. The number of benzene rings is 1. The second-order valence-electron chi connectivity index (χ2n) is 5.32. The van der Waals surface area contributed by atoms with E-state index in [1.807, 2.05) is 0 Å². The van der Waals surface area contributed by atoms with Crippen molar-refractivity contribution in [1.29, 1.82) is 0 Å². The molecule has 1 amide bonds. The molecule has 1 aromatic carbocycles. The number of rotatable bonds is 4. The van der Waals surface area contributed by atoms with Gasteiger partial charge in [0.05, 0.1) is 4.90 Å². The van der Waals surface area contributed by atoms with E-state index in [1.54, 1.807) is 12.1 Å². The van der Waals surface area contributed by atoms with E-state index in [1.165, 1.54) is 12.1 Å². The lowest BCUT2D eigenvalue weighted by atomic mass is 9.95. The number of sulfone groups is 1. The monoisotopic (exact) mass is 296 g/mol. The molecule has 20 heavy (non-hydrogen) atoms. The van der Waals surface area contributed by atoms with Gasteiger partial charge in [0.1, 0.15) is 0 Å². The van der Waals surface area contributed by atoms with Gasteiger partial charge in [-0.1, -0.05) is 6.42 Å². The lowest BCUT2D eigenvalue weighted by molar-refractivity contribution is -0.120. The average molecular weight is 296 g/mol. The predicted molar refractivity (Wildman–Crippen MR) is 78.1 cm³/mol. The minimum absolute atomic E-state index is 0.0231. The van der Waals surface area contributed by atoms with E-state index >= 15 is 0 Å². The molecule has 1 saturated carbocycles. The van der Waals surface area contributed by atoms with Crippen molar-refractivity contribution in [3.05, 3.63) is 24.3 Å². The first kappa shape index (κ1) is 15.0. The lowest BCUT2D eigenvalue weighted by Gasteiger charge is -2.17. The van der Waals surface area contributed by atoms with E-state index in [0.717, 1.165) is 25.5 Å². The molecule has 2 atom stereocenters. The summed E-state index contributed by atoms with van der Waals surface area (Å²) in [7, 11) is -3.21. The molecule has 0 aromatic heterocycles. The molecule has 2 rings (SSSR count). The number of hydrogen-bond donors (Lipinski definition) is 2. The molecule has 3 N–H and O–H groups in total. The first-order valence-corrected chi connectivity index (χ1v) is 8.62. The van der Waals surface area contributed by atoms with Crippen LogP contribution in [0.15, 0.2) is 29.2 Å². The topological polar surface area (TPSA) is 89.3 Å². The number of amides is 1. The van der Waals surface area contributed by atoms with Crippen molar-refractivity contribution in [3.8, 4) is 0 Å². The summed E-state index contributed by atoms with van der Waals surface area (Å²) in [5.41, 5.74) is 6.29. The van der Waals surface area contributed by atoms with Crippen LogP contribution in [0.5, 0.6) is 0 Å². The Morgan fingerprint density at radius 3 is 2.50 bits per heavy atom. The molecule has 0 bridgehead atoms. The van der Waals surface area contributed by atoms with Crippen LogP contribution < -0.4 is 11.1 Å². The Morgan fingerprint density at radius 2 is 1.95 bits per heavy atom. The quantitative estimate of drug-likeness (QED) is 0.879. The van der Waals surface area contributed by atoms with Gasteiger partial charge in [0, 0.05) is 17.9 Å². The molecule has 1 aromatic rings. The van der Waals surface area contributed by atoms with Crippen LogP contribution in [0.3, 0.4) is 0 Å². The van der Waals surface area contributed by atoms with Crippen molar-refractivity contribution in [3.63, 3.8) is 0 Å². The molecule has 6 heteroatoms. The Bertz CT molecular complexity index is 581. The van der Waals surface area contributed by atoms with Crippen molar-refractivity contribution < 1.29 is 13.2 Å². The van der Waals surface area contributed by atoms with Crippen LogP contribution >= 0.6 is 0 Å². The molecule has 0 radical (unpaired) electrons. The molecular weight excluding hydrogens is 276 g/mol. The molecule has 5 nitrogen and oxygen atoms in total. The summed E-state index contributed by atoms with van der Waals surface area (Å²) in [6, 6.07) is 6.22. The first-order chi connectivity index (χ1) is 9.41. The van der Waals surface area contributed by atoms with Crippen LogP contribution in [0, 0.1) is 11.8 Å². The third-order valence-corrected chi connectivity index (χ3v) is 4.98. The second-order valence-corrected chi connectivity index (χ2v) is 7.33. The fraction of sp³-hybridized carbons (Fsp3) is 0.500. The first-order valence-electron chi connectivity index (χ1n) is 6.73. The van der Waals surface area contributed by atoms with Crippen molar-refractivity contribution in [2.75, 3.05) is 18.1 Å². The molecule has 0 spiro atoms. The maximum absolute atomic E-state index is 12.2. The van der Waals surface area contributed by atoms with Gasteiger partial charge in [0.2, 0.25) is 5.91 Å². The van der Waals surface area contributed by atoms with Crippen LogP contribution in [0.1, 0.15) is 19.3 Å². The molecule has 0 aliphatic heterocycles. The Labute approximate surface area is 119 Å². The van der Waals surface area contributed by atoms with E-state index in [0.29, 0.717) is 12.2 Å². The highest BCUT2D eigenvalue weighted by molar-refractivity contribution is 7.90. The Hall–Kier alpha value is -1.40. The van der Waals surface area contributed by atoms with Crippen molar-refractivity contribution in [2.24, 2.45) is 17.6 Å². The van der Waals surface area contributed by atoms with E-state index in [4.69, 9.17) is 5.73 Å². The lowest BCUT2D eigenvalue weighted by Crippen LogP contribution is -2.29. The minimum Gasteiger partial charge on any atom is -0.330 e. The van der Waals surface area contributed by atoms with E-state index in [9.17, 15) is 13.2 Å². The highest BCUT2D eigenvalue weighted by atomic mass is 32.2. The maximum atomic E-state index is 12.2. The fourth-order valence-electron chi connectivity index (χ4n) is 2.68. The fourth-order valence-corrected chi connectivity index (χ4v) is 3.32. The summed E-state index contributed by atoms with van der Waals surface area (Å²) in [6.45, 7) is 0.533. The average Bonchev–Trinajstić information content (AvgIpc) is 2.86. The SMILES string of the molecule is CS(=O)(=O)c1ccc(NC(=O)C2CCCC2CN)cc1. The summed E-state index contributed by atoms with van der Waals surface area (Å²) in [4.78, 5) is 12.4. The van der Waals surface area contributed by atoms with Crippen LogP contribution in [-0.4, -0.2) is 27.1 Å². The van der Waals surface area contributed by atoms with Crippen LogP contribution in [0.4, 0.5) is 5.69 Å².